The van der Waals surface area contributed by atoms with Gasteiger partial charge in [0.15, 0.2) is 8.32 Å². The SMILES string of the molecule is CCCCCCCCCCCCCCC[C@@H](O)CO[Si](C)(C)C(C)(C)C. The smallest absolute Gasteiger partial charge is 0.192 e. The van der Waals surface area contributed by atoms with Gasteiger partial charge >= 0.3 is 0 Å². The van der Waals surface area contributed by atoms with E-state index < -0.39 is 8.32 Å². The summed E-state index contributed by atoms with van der Waals surface area (Å²) in [4.78, 5) is 0. The molecule has 0 aromatic rings. The predicted molar refractivity (Wildman–Crippen MR) is 119 cm³/mol. The van der Waals surface area contributed by atoms with Crippen LogP contribution in [-0.4, -0.2) is 26.1 Å². The third-order valence-electron chi connectivity index (χ3n) is 6.08. The quantitative estimate of drug-likeness (QED) is 0.204. The second kappa shape index (κ2) is 15.1. The lowest BCUT2D eigenvalue weighted by molar-refractivity contribution is 0.0905. The Balaban J connectivity index is 3.40. The maximum Gasteiger partial charge on any atom is 0.192 e. The van der Waals surface area contributed by atoms with Gasteiger partial charge < -0.3 is 9.53 Å². The summed E-state index contributed by atoms with van der Waals surface area (Å²) in [5.74, 6) is 0. The lowest BCUT2D eigenvalue weighted by atomic mass is 10.0. The molecule has 0 aromatic heterocycles. The highest BCUT2D eigenvalue weighted by Gasteiger charge is 2.37. The molecule has 0 saturated heterocycles. The van der Waals surface area contributed by atoms with E-state index in [9.17, 15) is 5.11 Å². The van der Waals surface area contributed by atoms with Gasteiger partial charge in [-0.15, -0.1) is 0 Å². The second-order valence-corrected chi connectivity index (χ2v) is 14.6. The molecular formula is C23H50O2Si. The zero-order valence-corrected chi connectivity index (χ0v) is 20.0. The molecule has 0 radical (unpaired) electrons. The fourth-order valence-corrected chi connectivity index (χ4v) is 4.04. The number of hydrogen-bond donors (Lipinski definition) is 1. The minimum absolute atomic E-state index is 0.224. The molecule has 1 atom stereocenters. The first-order valence-electron chi connectivity index (χ1n) is 11.5. The van der Waals surface area contributed by atoms with Gasteiger partial charge in [0.2, 0.25) is 0 Å². The van der Waals surface area contributed by atoms with Gasteiger partial charge in [-0.1, -0.05) is 111 Å². The van der Waals surface area contributed by atoms with Crippen molar-refractivity contribution in [3.05, 3.63) is 0 Å². The largest absolute Gasteiger partial charge is 0.414 e. The van der Waals surface area contributed by atoms with E-state index in [-0.39, 0.29) is 11.1 Å². The van der Waals surface area contributed by atoms with Crippen LogP contribution in [0.25, 0.3) is 0 Å². The highest BCUT2D eigenvalue weighted by atomic mass is 28.4. The Morgan fingerprint density at radius 3 is 1.50 bits per heavy atom. The van der Waals surface area contributed by atoms with Crippen LogP contribution >= 0.6 is 0 Å². The van der Waals surface area contributed by atoms with Crippen LogP contribution in [0, 0.1) is 0 Å². The van der Waals surface area contributed by atoms with Crippen LogP contribution in [0.15, 0.2) is 0 Å². The summed E-state index contributed by atoms with van der Waals surface area (Å²) in [7, 11) is -1.71. The van der Waals surface area contributed by atoms with Gasteiger partial charge in [0.25, 0.3) is 0 Å². The first-order chi connectivity index (χ1) is 12.2. The third kappa shape index (κ3) is 14.2. The maximum atomic E-state index is 10.2. The minimum Gasteiger partial charge on any atom is -0.414 e. The van der Waals surface area contributed by atoms with E-state index in [1.54, 1.807) is 0 Å². The van der Waals surface area contributed by atoms with Crippen LogP contribution in [0.4, 0.5) is 0 Å². The topological polar surface area (TPSA) is 29.5 Å². The molecule has 2 nitrogen and oxygen atoms in total. The Hall–Kier alpha value is 0.137. The van der Waals surface area contributed by atoms with Gasteiger partial charge in [-0.05, 0) is 24.6 Å². The lowest BCUT2D eigenvalue weighted by Gasteiger charge is -2.36. The molecule has 26 heavy (non-hydrogen) atoms. The number of unbranched alkanes of at least 4 members (excludes halogenated alkanes) is 12. The summed E-state index contributed by atoms with van der Waals surface area (Å²) in [6.07, 6.45) is 18.4. The summed E-state index contributed by atoms with van der Waals surface area (Å²) < 4.78 is 6.11. The first kappa shape index (κ1) is 26.1. The summed E-state index contributed by atoms with van der Waals surface area (Å²) in [5, 5.41) is 10.4. The molecule has 0 aromatic carbocycles. The van der Waals surface area contributed by atoms with Crippen molar-refractivity contribution in [3.63, 3.8) is 0 Å². The van der Waals surface area contributed by atoms with Crippen molar-refractivity contribution in [2.45, 2.75) is 142 Å². The van der Waals surface area contributed by atoms with Crippen molar-refractivity contribution < 1.29 is 9.53 Å². The van der Waals surface area contributed by atoms with Crippen molar-refractivity contribution in [2.75, 3.05) is 6.61 Å². The number of aliphatic hydroxyl groups excluding tert-OH is 1. The summed E-state index contributed by atoms with van der Waals surface area (Å²) >= 11 is 0. The molecular weight excluding hydrogens is 336 g/mol. The maximum absolute atomic E-state index is 10.2. The van der Waals surface area contributed by atoms with E-state index in [0.29, 0.717) is 6.61 Å². The highest BCUT2D eigenvalue weighted by molar-refractivity contribution is 6.74. The molecule has 0 unspecified atom stereocenters. The average Bonchev–Trinajstić information content (AvgIpc) is 2.56. The molecule has 0 heterocycles. The molecule has 0 bridgehead atoms. The van der Waals surface area contributed by atoms with E-state index in [2.05, 4.69) is 40.8 Å². The molecule has 0 spiro atoms. The van der Waals surface area contributed by atoms with Gasteiger partial charge in [-0.25, -0.2) is 0 Å². The normalized spacial score (nSPS) is 14.0. The molecule has 0 aliphatic heterocycles. The molecule has 0 aliphatic carbocycles. The lowest BCUT2D eigenvalue weighted by Crippen LogP contribution is -2.42. The Bertz CT molecular complexity index is 310. The van der Waals surface area contributed by atoms with Crippen molar-refractivity contribution in [1.29, 1.82) is 0 Å². The van der Waals surface area contributed by atoms with Crippen LogP contribution in [0.2, 0.25) is 18.1 Å². The average molecular weight is 387 g/mol. The van der Waals surface area contributed by atoms with Crippen LogP contribution in [-0.2, 0) is 4.43 Å². The molecule has 0 aliphatic rings. The van der Waals surface area contributed by atoms with Crippen molar-refractivity contribution in [1.82, 2.24) is 0 Å². The van der Waals surface area contributed by atoms with Crippen LogP contribution in [0.3, 0.4) is 0 Å². The molecule has 1 N–H and O–H groups in total. The van der Waals surface area contributed by atoms with E-state index in [4.69, 9.17) is 4.43 Å². The standard InChI is InChI=1S/C23H50O2Si/c1-7-8-9-10-11-12-13-14-15-16-17-18-19-20-22(24)21-25-26(5,6)23(2,3)4/h22,24H,7-21H2,1-6H3/t22-/m1/s1. The van der Waals surface area contributed by atoms with E-state index in [0.717, 1.165) is 12.8 Å². The van der Waals surface area contributed by atoms with Gasteiger partial charge in [-0.2, -0.15) is 0 Å². The van der Waals surface area contributed by atoms with Crippen molar-refractivity contribution in [2.24, 2.45) is 0 Å². The van der Waals surface area contributed by atoms with Crippen LogP contribution < -0.4 is 0 Å². The zero-order valence-electron chi connectivity index (χ0n) is 19.0. The van der Waals surface area contributed by atoms with Gasteiger partial charge in [-0.3, -0.25) is 0 Å². The second-order valence-electron chi connectivity index (χ2n) is 9.76. The minimum atomic E-state index is -1.71. The van der Waals surface area contributed by atoms with E-state index in [1.165, 1.54) is 77.0 Å². The summed E-state index contributed by atoms with van der Waals surface area (Å²) in [5.41, 5.74) is 0. The predicted octanol–water partition coefficient (Wildman–Crippen LogP) is 7.85. The molecule has 0 amide bonds. The Kier molecular flexibility index (Phi) is 15.2. The molecule has 0 saturated carbocycles. The molecule has 3 heteroatoms. The van der Waals surface area contributed by atoms with Crippen LogP contribution in [0.1, 0.15) is 118 Å². The van der Waals surface area contributed by atoms with Crippen LogP contribution in [0.5, 0.6) is 0 Å². The van der Waals surface area contributed by atoms with Gasteiger partial charge in [0, 0.05) is 0 Å². The van der Waals surface area contributed by atoms with Gasteiger partial charge in [0.05, 0.1) is 12.7 Å². The molecule has 158 valence electrons. The van der Waals surface area contributed by atoms with Gasteiger partial charge in [0.1, 0.15) is 0 Å². The molecule has 0 fully saturated rings. The number of rotatable bonds is 17. The molecule has 0 rings (SSSR count). The highest BCUT2D eigenvalue weighted by Crippen LogP contribution is 2.36. The Morgan fingerprint density at radius 1 is 0.731 bits per heavy atom. The third-order valence-corrected chi connectivity index (χ3v) is 10.6. The Morgan fingerprint density at radius 2 is 1.12 bits per heavy atom. The van der Waals surface area contributed by atoms with E-state index >= 15 is 0 Å². The fraction of sp³-hybridized carbons (Fsp3) is 1.00. The fourth-order valence-electron chi connectivity index (χ4n) is 3.00. The summed E-state index contributed by atoms with van der Waals surface area (Å²) in [6, 6.07) is 0. The van der Waals surface area contributed by atoms with Crippen molar-refractivity contribution >= 4 is 8.32 Å². The monoisotopic (exact) mass is 386 g/mol. The Labute approximate surface area is 166 Å². The number of hydrogen-bond acceptors (Lipinski definition) is 2. The summed E-state index contributed by atoms with van der Waals surface area (Å²) in [6.45, 7) is 14.1. The first-order valence-corrected chi connectivity index (χ1v) is 14.4. The zero-order chi connectivity index (χ0) is 19.9. The van der Waals surface area contributed by atoms with Crippen molar-refractivity contribution in [3.8, 4) is 0 Å². The number of aliphatic hydroxyl groups is 1. The van der Waals surface area contributed by atoms with E-state index in [1.807, 2.05) is 0 Å².